The molecule has 1 aromatic heterocycles. The Morgan fingerprint density at radius 1 is 1.50 bits per heavy atom. The van der Waals surface area contributed by atoms with Crippen LogP contribution < -0.4 is 10.6 Å². The molecule has 0 spiro atoms. The van der Waals surface area contributed by atoms with Crippen LogP contribution in [0, 0.1) is 5.92 Å². The number of piperidine rings is 1. The van der Waals surface area contributed by atoms with Crippen molar-refractivity contribution >= 4 is 11.6 Å². The third-order valence-electron chi connectivity index (χ3n) is 3.16. The number of anilines is 2. The lowest BCUT2D eigenvalue weighted by Gasteiger charge is -2.36. The molecule has 0 amide bonds. The quantitative estimate of drug-likeness (QED) is 0.806. The summed E-state index contributed by atoms with van der Waals surface area (Å²) in [6.45, 7) is 4.06. The summed E-state index contributed by atoms with van der Waals surface area (Å²) in [5.41, 5.74) is 5.63. The van der Waals surface area contributed by atoms with E-state index in [1.165, 1.54) is 0 Å². The average Bonchev–Trinajstić information content (AvgIpc) is 2.29. The Hall–Kier alpha value is -1.36. The van der Waals surface area contributed by atoms with E-state index in [9.17, 15) is 0 Å². The first-order valence-electron chi connectivity index (χ1n) is 5.56. The minimum Gasteiger partial charge on any atom is -0.382 e. The van der Waals surface area contributed by atoms with Crippen molar-refractivity contribution in [1.82, 2.24) is 9.97 Å². The van der Waals surface area contributed by atoms with Gasteiger partial charge in [0.1, 0.15) is 11.6 Å². The molecule has 2 unspecified atom stereocenters. The molecule has 0 bridgehead atoms. The van der Waals surface area contributed by atoms with Gasteiger partial charge in [0.05, 0.1) is 18.5 Å². The van der Waals surface area contributed by atoms with Gasteiger partial charge in [0, 0.05) is 20.2 Å². The third-order valence-corrected chi connectivity index (χ3v) is 3.16. The minimum absolute atomic E-state index is 0.261. The van der Waals surface area contributed by atoms with Gasteiger partial charge >= 0.3 is 0 Å². The predicted molar refractivity (Wildman–Crippen MR) is 63.2 cm³/mol. The molecule has 1 aliphatic rings. The molecule has 0 radical (unpaired) electrons. The monoisotopic (exact) mass is 222 g/mol. The molecule has 1 fully saturated rings. The smallest absolute Gasteiger partial charge is 0.149 e. The number of rotatable bonds is 2. The van der Waals surface area contributed by atoms with Gasteiger partial charge in [0.2, 0.25) is 0 Å². The molecule has 1 aliphatic heterocycles. The Morgan fingerprint density at radius 3 is 3.00 bits per heavy atom. The third kappa shape index (κ3) is 2.24. The molecule has 2 rings (SSSR count). The average molecular weight is 222 g/mol. The minimum atomic E-state index is 0.261. The number of nitrogens with two attached hydrogens (primary N) is 1. The van der Waals surface area contributed by atoms with E-state index in [1.807, 2.05) is 0 Å². The SMILES string of the molecule is COC1CN(c2cncc(N)n2)CCC1C. The van der Waals surface area contributed by atoms with Crippen LogP contribution >= 0.6 is 0 Å². The second kappa shape index (κ2) is 4.65. The van der Waals surface area contributed by atoms with E-state index in [2.05, 4.69) is 21.8 Å². The zero-order chi connectivity index (χ0) is 11.5. The summed E-state index contributed by atoms with van der Waals surface area (Å²) in [6.07, 6.45) is 4.68. The van der Waals surface area contributed by atoms with Crippen LogP contribution in [0.4, 0.5) is 11.6 Å². The first-order valence-corrected chi connectivity index (χ1v) is 5.56. The maximum Gasteiger partial charge on any atom is 0.149 e. The Bertz CT molecular complexity index is 358. The van der Waals surface area contributed by atoms with Gasteiger partial charge in [-0.1, -0.05) is 6.92 Å². The van der Waals surface area contributed by atoms with Gasteiger partial charge in [0.25, 0.3) is 0 Å². The molecule has 0 saturated carbocycles. The summed E-state index contributed by atoms with van der Waals surface area (Å²) in [5, 5.41) is 0. The normalized spacial score (nSPS) is 25.8. The first kappa shape index (κ1) is 11.1. The van der Waals surface area contributed by atoms with Crippen LogP contribution in [0.15, 0.2) is 12.4 Å². The summed E-state index contributed by atoms with van der Waals surface area (Å²) < 4.78 is 5.46. The van der Waals surface area contributed by atoms with Crippen LogP contribution in [0.5, 0.6) is 0 Å². The second-order valence-electron chi connectivity index (χ2n) is 4.29. The van der Waals surface area contributed by atoms with Gasteiger partial charge in [-0.15, -0.1) is 0 Å². The molecule has 1 saturated heterocycles. The van der Waals surface area contributed by atoms with E-state index in [-0.39, 0.29) is 6.10 Å². The van der Waals surface area contributed by atoms with Gasteiger partial charge in [-0.05, 0) is 12.3 Å². The molecule has 1 aromatic rings. The van der Waals surface area contributed by atoms with E-state index in [1.54, 1.807) is 19.5 Å². The van der Waals surface area contributed by atoms with Crippen LogP contribution in [0.3, 0.4) is 0 Å². The van der Waals surface area contributed by atoms with Gasteiger partial charge in [0.15, 0.2) is 0 Å². The van der Waals surface area contributed by atoms with Crippen LogP contribution in [0.1, 0.15) is 13.3 Å². The molecule has 88 valence electrons. The molecule has 0 aliphatic carbocycles. The number of hydrogen-bond donors (Lipinski definition) is 1. The molecule has 0 aromatic carbocycles. The topological polar surface area (TPSA) is 64.3 Å². The summed E-state index contributed by atoms with van der Waals surface area (Å²) in [6, 6.07) is 0. The van der Waals surface area contributed by atoms with Gasteiger partial charge in [-0.2, -0.15) is 0 Å². The highest BCUT2D eigenvalue weighted by Crippen LogP contribution is 2.23. The Morgan fingerprint density at radius 2 is 2.31 bits per heavy atom. The molecule has 5 nitrogen and oxygen atoms in total. The first-order chi connectivity index (χ1) is 7.70. The van der Waals surface area contributed by atoms with Crippen LogP contribution in [-0.2, 0) is 4.74 Å². The zero-order valence-electron chi connectivity index (χ0n) is 9.76. The summed E-state index contributed by atoms with van der Waals surface area (Å²) in [5.74, 6) is 1.90. The molecule has 16 heavy (non-hydrogen) atoms. The fourth-order valence-corrected chi connectivity index (χ4v) is 2.07. The Kier molecular flexibility index (Phi) is 3.24. The Labute approximate surface area is 95.6 Å². The van der Waals surface area contributed by atoms with Crippen LogP contribution in [-0.4, -0.2) is 36.3 Å². The largest absolute Gasteiger partial charge is 0.382 e. The van der Waals surface area contributed by atoms with E-state index in [4.69, 9.17) is 10.5 Å². The highest BCUT2D eigenvalue weighted by Gasteiger charge is 2.26. The van der Waals surface area contributed by atoms with Crippen molar-refractivity contribution < 1.29 is 4.74 Å². The lowest BCUT2D eigenvalue weighted by Crippen LogP contribution is -2.44. The number of nitrogens with zero attached hydrogens (tertiary/aromatic N) is 3. The van der Waals surface area contributed by atoms with Gasteiger partial charge < -0.3 is 15.4 Å². The molecular formula is C11H18N4O. The maximum absolute atomic E-state index is 5.63. The number of aromatic nitrogens is 2. The predicted octanol–water partition coefficient (Wildman–Crippen LogP) is 0.920. The zero-order valence-corrected chi connectivity index (χ0v) is 9.76. The number of ether oxygens (including phenoxy) is 1. The van der Waals surface area contributed by atoms with Crippen molar-refractivity contribution in [3.05, 3.63) is 12.4 Å². The van der Waals surface area contributed by atoms with Gasteiger partial charge in [-0.25, -0.2) is 4.98 Å². The fourth-order valence-electron chi connectivity index (χ4n) is 2.07. The van der Waals surface area contributed by atoms with Crippen molar-refractivity contribution in [3.8, 4) is 0 Å². The van der Waals surface area contributed by atoms with E-state index in [0.29, 0.717) is 11.7 Å². The number of hydrogen-bond acceptors (Lipinski definition) is 5. The maximum atomic E-state index is 5.63. The Balaban J connectivity index is 2.11. The number of methoxy groups -OCH3 is 1. The highest BCUT2D eigenvalue weighted by molar-refractivity contribution is 5.42. The highest BCUT2D eigenvalue weighted by atomic mass is 16.5. The van der Waals surface area contributed by atoms with Crippen molar-refractivity contribution in [2.45, 2.75) is 19.4 Å². The fraction of sp³-hybridized carbons (Fsp3) is 0.636. The van der Waals surface area contributed by atoms with Crippen LogP contribution in [0.2, 0.25) is 0 Å². The standard InChI is InChI=1S/C11H18N4O/c1-8-3-4-15(7-9(8)16-2)11-6-13-5-10(12)14-11/h5-6,8-9H,3-4,7H2,1-2H3,(H2,12,14). The second-order valence-corrected chi connectivity index (χ2v) is 4.29. The summed E-state index contributed by atoms with van der Waals surface area (Å²) in [4.78, 5) is 10.5. The van der Waals surface area contributed by atoms with Crippen molar-refractivity contribution in [1.29, 1.82) is 0 Å². The van der Waals surface area contributed by atoms with E-state index < -0.39 is 0 Å². The van der Waals surface area contributed by atoms with Crippen molar-refractivity contribution in [2.75, 3.05) is 30.8 Å². The molecular weight excluding hydrogens is 204 g/mol. The van der Waals surface area contributed by atoms with Crippen molar-refractivity contribution in [2.24, 2.45) is 5.92 Å². The lowest BCUT2D eigenvalue weighted by atomic mass is 9.96. The molecule has 2 heterocycles. The molecule has 2 atom stereocenters. The number of nitrogen functional groups attached to an aromatic ring is 1. The van der Waals surface area contributed by atoms with E-state index in [0.717, 1.165) is 25.3 Å². The van der Waals surface area contributed by atoms with Gasteiger partial charge in [-0.3, -0.25) is 4.98 Å². The molecule has 5 heteroatoms. The lowest BCUT2D eigenvalue weighted by molar-refractivity contribution is 0.0496. The summed E-state index contributed by atoms with van der Waals surface area (Å²) >= 11 is 0. The molecule has 2 N–H and O–H groups in total. The van der Waals surface area contributed by atoms with Crippen LogP contribution in [0.25, 0.3) is 0 Å². The van der Waals surface area contributed by atoms with E-state index >= 15 is 0 Å². The van der Waals surface area contributed by atoms with Crippen molar-refractivity contribution in [3.63, 3.8) is 0 Å². The summed E-state index contributed by atoms with van der Waals surface area (Å²) in [7, 11) is 1.76.